The van der Waals surface area contributed by atoms with Gasteiger partial charge in [-0.1, -0.05) is 67.9 Å². The summed E-state index contributed by atoms with van der Waals surface area (Å²) < 4.78 is 34.2. The van der Waals surface area contributed by atoms with E-state index in [0.717, 1.165) is 5.56 Å². The van der Waals surface area contributed by atoms with Crippen molar-refractivity contribution in [2.45, 2.75) is 32.9 Å². The number of nitrogens with zero attached hydrogens (tertiary/aromatic N) is 3. The van der Waals surface area contributed by atoms with Crippen LogP contribution in [0.4, 0.5) is 11.4 Å². The predicted octanol–water partition coefficient (Wildman–Crippen LogP) is 6.28. The van der Waals surface area contributed by atoms with Crippen LogP contribution in [0.5, 0.6) is 11.5 Å². The van der Waals surface area contributed by atoms with E-state index in [1.807, 2.05) is 44.2 Å². The maximum Gasteiger partial charge on any atom is 0.279 e. The molecular formula is C32H29ClN4O5S. The van der Waals surface area contributed by atoms with Crippen LogP contribution in [0.3, 0.4) is 0 Å². The number of aromatic hydroxyl groups is 1. The zero-order valence-electron chi connectivity index (χ0n) is 23.5. The second kappa shape index (κ2) is 11.0. The molecule has 2 N–H and O–H groups in total. The maximum atomic E-state index is 14.3. The fraction of sp³-hybridized carbons (Fsp3) is 0.219. The van der Waals surface area contributed by atoms with Crippen molar-refractivity contribution >= 4 is 38.7 Å². The van der Waals surface area contributed by atoms with Crippen molar-refractivity contribution in [3.8, 4) is 11.5 Å². The Morgan fingerprint density at radius 2 is 1.91 bits per heavy atom. The minimum Gasteiger partial charge on any atom is -0.506 e. The highest BCUT2D eigenvalue weighted by atomic mass is 35.5. The third-order valence-corrected chi connectivity index (χ3v) is 10.0. The molecule has 0 saturated heterocycles. The van der Waals surface area contributed by atoms with E-state index in [2.05, 4.69) is 15.3 Å². The molecule has 0 fully saturated rings. The number of anilines is 2. The summed E-state index contributed by atoms with van der Waals surface area (Å²) in [4.78, 5) is 23.9. The maximum absolute atomic E-state index is 14.3. The van der Waals surface area contributed by atoms with Crippen molar-refractivity contribution in [1.82, 2.24) is 9.97 Å². The first-order chi connectivity index (χ1) is 20.5. The van der Waals surface area contributed by atoms with Gasteiger partial charge in [-0.25, -0.2) is 13.4 Å². The third kappa shape index (κ3) is 5.55. The van der Waals surface area contributed by atoms with Crippen LogP contribution < -0.4 is 15.0 Å². The molecular weight excluding hydrogens is 588 g/mol. The Kier molecular flexibility index (Phi) is 7.35. The average molecular weight is 617 g/mol. The Labute approximate surface area is 254 Å². The van der Waals surface area contributed by atoms with E-state index >= 15 is 0 Å². The zero-order chi connectivity index (χ0) is 30.4. The first-order valence-corrected chi connectivity index (χ1v) is 15.7. The van der Waals surface area contributed by atoms with Gasteiger partial charge in [-0.05, 0) is 47.2 Å². The number of phenolic OH excluding ortho intramolecular Hbond substituents is 1. The summed E-state index contributed by atoms with van der Waals surface area (Å²) in [7, 11) is -3.93. The first-order valence-electron chi connectivity index (χ1n) is 13.6. The molecule has 3 aromatic carbocycles. The van der Waals surface area contributed by atoms with Crippen LogP contribution in [0.1, 0.15) is 47.9 Å². The number of hydrogen-bond donors (Lipinski definition) is 2. The van der Waals surface area contributed by atoms with Gasteiger partial charge in [-0.15, -0.1) is 0 Å². The van der Waals surface area contributed by atoms with E-state index in [9.17, 15) is 18.3 Å². The normalized spacial score (nSPS) is 18.6. The highest BCUT2D eigenvalue weighted by Gasteiger charge is 2.47. The van der Waals surface area contributed by atoms with Crippen molar-refractivity contribution in [2.75, 3.05) is 16.0 Å². The van der Waals surface area contributed by atoms with Crippen LogP contribution in [-0.4, -0.2) is 35.2 Å². The summed E-state index contributed by atoms with van der Waals surface area (Å²) in [6.07, 6.45) is 4.52. The van der Waals surface area contributed by atoms with Crippen LogP contribution >= 0.6 is 11.6 Å². The van der Waals surface area contributed by atoms with Gasteiger partial charge < -0.3 is 15.2 Å². The summed E-state index contributed by atoms with van der Waals surface area (Å²) >= 11 is 6.74. The third-order valence-electron chi connectivity index (χ3n) is 7.44. The van der Waals surface area contributed by atoms with Gasteiger partial charge in [0.2, 0.25) is 0 Å². The Morgan fingerprint density at radius 1 is 1.12 bits per heavy atom. The van der Waals surface area contributed by atoms with Gasteiger partial charge >= 0.3 is 0 Å². The number of allylic oxidation sites excluding steroid dienone is 1. The number of carbonyl (C=O) groups is 1. The van der Waals surface area contributed by atoms with E-state index in [-0.39, 0.29) is 45.1 Å². The Bertz CT molecular complexity index is 1850. The van der Waals surface area contributed by atoms with Crippen LogP contribution in [0.2, 0.25) is 5.02 Å². The molecule has 0 saturated carbocycles. The summed E-state index contributed by atoms with van der Waals surface area (Å²) in [6.45, 7) is 4.04. The molecule has 0 aliphatic carbocycles. The number of ether oxygens (including phenoxy) is 1. The average Bonchev–Trinajstić information content (AvgIpc) is 3.12. The predicted molar refractivity (Wildman–Crippen MR) is 165 cm³/mol. The lowest BCUT2D eigenvalue weighted by Crippen LogP contribution is -2.41. The van der Waals surface area contributed by atoms with Gasteiger partial charge in [0.05, 0.1) is 27.6 Å². The van der Waals surface area contributed by atoms with E-state index in [0.29, 0.717) is 23.4 Å². The van der Waals surface area contributed by atoms with Crippen molar-refractivity contribution in [2.24, 2.45) is 5.41 Å². The SMILES string of the molecule is CC1(C)CC2=C(C(c3ccc(OCc4ccccc4)c(Cl)c3)N(C(=O)c3cnccn3)c3cccc(O)c3N2)S(=O)(=O)C1. The second-order valence-electron chi connectivity index (χ2n) is 11.4. The summed E-state index contributed by atoms with van der Waals surface area (Å²) in [5, 5.41) is 14.4. The second-order valence-corrected chi connectivity index (χ2v) is 13.7. The molecule has 2 aliphatic heterocycles. The highest BCUT2D eigenvalue weighted by molar-refractivity contribution is 7.95. The lowest BCUT2D eigenvalue weighted by atomic mass is 9.88. The minimum absolute atomic E-state index is 0.00768. The molecule has 1 unspecified atom stereocenters. The van der Waals surface area contributed by atoms with Gasteiger partial charge in [0, 0.05) is 18.1 Å². The molecule has 1 atom stereocenters. The number of benzene rings is 3. The van der Waals surface area contributed by atoms with E-state index in [4.69, 9.17) is 16.3 Å². The van der Waals surface area contributed by atoms with Crippen molar-refractivity contribution < 1.29 is 23.1 Å². The van der Waals surface area contributed by atoms with E-state index in [1.165, 1.54) is 29.6 Å². The zero-order valence-corrected chi connectivity index (χ0v) is 25.1. The topological polar surface area (TPSA) is 122 Å². The van der Waals surface area contributed by atoms with Gasteiger partial charge in [0.1, 0.15) is 35.5 Å². The first kappa shape index (κ1) is 28.7. The van der Waals surface area contributed by atoms with E-state index in [1.54, 1.807) is 30.3 Å². The Hall–Kier alpha value is -4.41. The molecule has 4 aromatic rings. The number of aromatic nitrogens is 2. The quantitative estimate of drug-likeness (QED) is 0.251. The molecule has 0 bridgehead atoms. The number of fused-ring (bicyclic) bond motifs is 1. The van der Waals surface area contributed by atoms with Crippen molar-refractivity contribution in [3.05, 3.63) is 118 Å². The Balaban J connectivity index is 1.55. The van der Waals surface area contributed by atoms with Gasteiger partial charge in [-0.3, -0.25) is 14.7 Å². The molecule has 9 nitrogen and oxygen atoms in total. The molecule has 6 rings (SSSR count). The summed E-state index contributed by atoms with van der Waals surface area (Å²) in [5.41, 5.74) is 1.72. The van der Waals surface area contributed by atoms with Crippen LogP contribution in [-0.2, 0) is 16.4 Å². The number of nitrogens with one attached hydrogen (secondary N) is 1. The summed E-state index contributed by atoms with van der Waals surface area (Å²) in [5.74, 6) is -0.447. The Morgan fingerprint density at radius 3 is 2.63 bits per heavy atom. The van der Waals surface area contributed by atoms with Gasteiger partial charge in [0.15, 0.2) is 9.84 Å². The molecule has 220 valence electrons. The van der Waals surface area contributed by atoms with Gasteiger partial charge in [0.25, 0.3) is 5.91 Å². The lowest BCUT2D eigenvalue weighted by Gasteiger charge is -2.37. The van der Waals surface area contributed by atoms with Crippen molar-refractivity contribution in [1.29, 1.82) is 0 Å². The molecule has 1 amide bonds. The number of amides is 1. The number of sulfone groups is 1. The molecule has 0 spiro atoms. The van der Waals surface area contributed by atoms with Crippen LogP contribution in [0, 0.1) is 5.41 Å². The molecule has 0 radical (unpaired) electrons. The number of hydrogen-bond acceptors (Lipinski definition) is 8. The van der Waals surface area contributed by atoms with Crippen LogP contribution in [0.25, 0.3) is 0 Å². The number of phenols is 1. The molecule has 43 heavy (non-hydrogen) atoms. The summed E-state index contributed by atoms with van der Waals surface area (Å²) in [6, 6.07) is 18.2. The standard InChI is InChI=1S/C32H29ClN4O5S/c1-32(2)16-23-30(43(40,41)19-32)29(21-11-12-27(22(33)15-21)42-18-20-7-4-3-5-8-20)37(31(39)24-17-34-13-14-35-24)25-9-6-10-26(38)28(25)36-23/h3-15,17,29,36,38H,16,18-19H2,1-2H3. The number of rotatable bonds is 5. The monoisotopic (exact) mass is 616 g/mol. The smallest absolute Gasteiger partial charge is 0.279 e. The molecule has 2 aliphatic rings. The molecule has 1 aromatic heterocycles. The van der Waals surface area contributed by atoms with Crippen molar-refractivity contribution in [3.63, 3.8) is 0 Å². The lowest BCUT2D eigenvalue weighted by molar-refractivity contribution is 0.0975. The number of halogens is 1. The fourth-order valence-corrected chi connectivity index (χ4v) is 8.31. The number of carbonyl (C=O) groups excluding carboxylic acids is 1. The van der Waals surface area contributed by atoms with Gasteiger partial charge in [-0.2, -0.15) is 0 Å². The highest BCUT2D eigenvalue weighted by Crippen LogP contribution is 2.52. The molecule has 11 heteroatoms. The minimum atomic E-state index is -3.93. The van der Waals surface area contributed by atoms with Crippen LogP contribution in [0.15, 0.2) is 95.9 Å². The fourth-order valence-electron chi connectivity index (χ4n) is 5.70. The largest absolute Gasteiger partial charge is 0.506 e. The number of para-hydroxylation sites is 1. The molecule has 3 heterocycles. The van der Waals surface area contributed by atoms with E-state index < -0.39 is 27.2 Å².